The Morgan fingerprint density at radius 3 is 2.44 bits per heavy atom. The molecule has 0 aromatic carbocycles. The maximum absolute atomic E-state index is 6.80. The number of alkyl halides is 1. The highest BCUT2D eigenvalue weighted by Gasteiger charge is 2.56. The van der Waals surface area contributed by atoms with E-state index in [4.69, 9.17) is 11.6 Å². The first-order valence-corrected chi connectivity index (χ1v) is 7.38. The third-order valence-corrected chi connectivity index (χ3v) is 6.35. The van der Waals surface area contributed by atoms with Crippen molar-refractivity contribution in [3.05, 3.63) is 0 Å². The Hall–Kier alpha value is 0.250. The van der Waals surface area contributed by atoms with Crippen LogP contribution in [0, 0.1) is 23.2 Å². The molecular formula is C14H24ClN. The van der Waals surface area contributed by atoms with Gasteiger partial charge in [0.05, 0.1) is 0 Å². The lowest BCUT2D eigenvalue weighted by molar-refractivity contribution is -0.0558. The first kappa shape index (κ1) is 11.3. The number of rotatable bonds is 3. The Bertz CT molecular complexity index is 264. The average molecular weight is 242 g/mol. The second-order valence-corrected chi connectivity index (χ2v) is 7.24. The molecule has 4 rings (SSSR count). The molecule has 4 saturated carbocycles. The molecule has 0 radical (unpaired) electrons. The zero-order chi connectivity index (χ0) is 11.3. The summed E-state index contributed by atoms with van der Waals surface area (Å²) in [6.07, 6.45) is 8.50. The van der Waals surface area contributed by atoms with Crippen LogP contribution in [0.4, 0.5) is 0 Å². The molecule has 0 aromatic rings. The van der Waals surface area contributed by atoms with E-state index >= 15 is 0 Å². The van der Waals surface area contributed by atoms with Crippen LogP contribution in [-0.4, -0.2) is 18.5 Å². The van der Waals surface area contributed by atoms with Crippen LogP contribution >= 0.6 is 11.6 Å². The van der Waals surface area contributed by atoms with E-state index in [0.29, 0.717) is 16.8 Å². The van der Waals surface area contributed by atoms with Gasteiger partial charge in [0.25, 0.3) is 0 Å². The minimum Gasteiger partial charge on any atom is -0.317 e. The van der Waals surface area contributed by atoms with Gasteiger partial charge in [-0.05, 0) is 75.7 Å². The average Bonchev–Trinajstić information content (AvgIpc) is 2.24. The third kappa shape index (κ3) is 1.62. The van der Waals surface area contributed by atoms with E-state index in [-0.39, 0.29) is 0 Å². The number of hydrogen-bond acceptors (Lipinski definition) is 1. The fourth-order valence-electron chi connectivity index (χ4n) is 5.14. The van der Waals surface area contributed by atoms with Crippen molar-refractivity contribution in [2.24, 2.45) is 23.2 Å². The van der Waals surface area contributed by atoms with Gasteiger partial charge < -0.3 is 5.32 Å². The van der Waals surface area contributed by atoms with Gasteiger partial charge >= 0.3 is 0 Å². The predicted octanol–water partition coefficient (Wildman–Crippen LogP) is 3.42. The molecule has 16 heavy (non-hydrogen) atoms. The number of halogens is 1. The minimum absolute atomic E-state index is 0.469. The van der Waals surface area contributed by atoms with E-state index in [9.17, 15) is 0 Å². The summed E-state index contributed by atoms with van der Waals surface area (Å²) >= 11 is 6.80. The zero-order valence-electron chi connectivity index (χ0n) is 10.5. The summed E-state index contributed by atoms with van der Waals surface area (Å²) in [5.74, 6) is 2.87. The molecule has 2 heteroatoms. The van der Waals surface area contributed by atoms with E-state index in [1.165, 1.54) is 38.5 Å². The highest BCUT2D eigenvalue weighted by atomic mass is 35.5. The van der Waals surface area contributed by atoms with Gasteiger partial charge in [0.2, 0.25) is 0 Å². The molecule has 0 heterocycles. The lowest BCUT2D eigenvalue weighted by Crippen LogP contribution is -2.55. The molecule has 4 fully saturated rings. The summed E-state index contributed by atoms with van der Waals surface area (Å²) in [5.41, 5.74) is 0.485. The van der Waals surface area contributed by atoms with Gasteiger partial charge in [0, 0.05) is 11.4 Å². The molecule has 0 aromatic heterocycles. The van der Waals surface area contributed by atoms with Crippen molar-refractivity contribution < 1.29 is 0 Å². The van der Waals surface area contributed by atoms with Crippen molar-refractivity contribution >= 4 is 11.6 Å². The first-order valence-electron chi connectivity index (χ1n) is 6.94. The Kier molecular flexibility index (Phi) is 2.75. The predicted molar refractivity (Wildman–Crippen MR) is 68.8 cm³/mol. The van der Waals surface area contributed by atoms with Crippen molar-refractivity contribution in [2.45, 2.75) is 56.9 Å². The normalized spacial score (nSPS) is 51.9. The molecule has 0 aliphatic heterocycles. The van der Waals surface area contributed by atoms with E-state index in [1.807, 2.05) is 0 Å². The molecule has 4 aliphatic carbocycles. The summed E-state index contributed by atoms with van der Waals surface area (Å²) in [6, 6.07) is 0.623. The lowest BCUT2D eigenvalue weighted by Gasteiger charge is -2.60. The molecule has 4 aliphatic rings. The van der Waals surface area contributed by atoms with E-state index in [2.05, 4.69) is 19.3 Å². The summed E-state index contributed by atoms with van der Waals surface area (Å²) in [5, 5.41) is 3.87. The summed E-state index contributed by atoms with van der Waals surface area (Å²) in [7, 11) is 2.08. The molecular weight excluding hydrogens is 218 g/mol. The molecule has 0 spiro atoms. The maximum Gasteiger partial charge on any atom is 0.0421 e. The molecule has 92 valence electrons. The molecule has 4 bridgehead atoms. The van der Waals surface area contributed by atoms with E-state index in [0.717, 1.165) is 17.8 Å². The Morgan fingerprint density at radius 1 is 1.25 bits per heavy atom. The van der Waals surface area contributed by atoms with Gasteiger partial charge in [0.15, 0.2) is 0 Å². The molecule has 0 amide bonds. The second kappa shape index (κ2) is 3.88. The Balaban J connectivity index is 1.82. The second-order valence-electron chi connectivity index (χ2n) is 6.77. The van der Waals surface area contributed by atoms with Crippen LogP contribution in [0.1, 0.15) is 45.4 Å². The van der Waals surface area contributed by atoms with Gasteiger partial charge in [-0.25, -0.2) is 0 Å². The van der Waals surface area contributed by atoms with Crippen molar-refractivity contribution in [1.82, 2.24) is 5.32 Å². The van der Waals surface area contributed by atoms with Crippen LogP contribution in [0.5, 0.6) is 0 Å². The van der Waals surface area contributed by atoms with Crippen molar-refractivity contribution in [2.75, 3.05) is 7.05 Å². The van der Waals surface area contributed by atoms with E-state index in [1.54, 1.807) is 0 Å². The molecule has 1 nitrogen and oxygen atoms in total. The van der Waals surface area contributed by atoms with Gasteiger partial charge in [-0.3, -0.25) is 0 Å². The van der Waals surface area contributed by atoms with E-state index < -0.39 is 0 Å². The van der Waals surface area contributed by atoms with Gasteiger partial charge in [-0.2, -0.15) is 0 Å². The quantitative estimate of drug-likeness (QED) is 0.747. The van der Waals surface area contributed by atoms with Crippen molar-refractivity contribution in [1.29, 1.82) is 0 Å². The van der Waals surface area contributed by atoms with Crippen LogP contribution < -0.4 is 5.32 Å². The Morgan fingerprint density at radius 2 is 1.88 bits per heavy atom. The van der Waals surface area contributed by atoms with Crippen LogP contribution in [0.2, 0.25) is 0 Å². The topological polar surface area (TPSA) is 12.0 Å². The molecule has 0 saturated heterocycles. The van der Waals surface area contributed by atoms with Crippen LogP contribution in [0.25, 0.3) is 0 Å². The monoisotopic (exact) mass is 241 g/mol. The summed E-state index contributed by atoms with van der Waals surface area (Å²) < 4.78 is 0. The minimum atomic E-state index is 0.469. The van der Waals surface area contributed by atoms with Gasteiger partial charge in [0.1, 0.15) is 0 Å². The smallest absolute Gasteiger partial charge is 0.0421 e. The highest BCUT2D eigenvalue weighted by Crippen LogP contribution is 2.63. The fraction of sp³-hybridized carbons (Fsp3) is 1.00. The molecule has 4 unspecified atom stereocenters. The highest BCUT2D eigenvalue weighted by molar-refractivity contribution is 6.21. The largest absolute Gasteiger partial charge is 0.317 e. The van der Waals surface area contributed by atoms with Gasteiger partial charge in [-0.1, -0.05) is 0 Å². The van der Waals surface area contributed by atoms with Crippen LogP contribution in [0.3, 0.4) is 0 Å². The fourth-order valence-corrected chi connectivity index (χ4v) is 5.61. The Labute approximate surface area is 104 Å². The molecule has 1 N–H and O–H groups in total. The van der Waals surface area contributed by atoms with Crippen molar-refractivity contribution in [3.8, 4) is 0 Å². The number of nitrogens with one attached hydrogen (secondary N) is 1. The molecule has 6 atom stereocenters. The third-order valence-electron chi connectivity index (χ3n) is 5.53. The SMILES string of the molecule is CNC(C)CC12C[C@@H]3CC(C[C@@H](C3)C1)C2Cl. The van der Waals surface area contributed by atoms with Crippen LogP contribution in [0.15, 0.2) is 0 Å². The van der Waals surface area contributed by atoms with Gasteiger partial charge in [-0.15, -0.1) is 11.6 Å². The summed E-state index contributed by atoms with van der Waals surface area (Å²) in [4.78, 5) is 0. The zero-order valence-corrected chi connectivity index (χ0v) is 11.3. The lowest BCUT2D eigenvalue weighted by atomic mass is 9.48. The standard InChI is InChI=1S/C14H24ClN/c1-9(16-2)6-14-7-10-3-11(8-14)5-12(4-10)13(14)15/h9-13,16H,3-8H2,1-2H3/t9?,10-,11+,12?,13?,14?. The van der Waals surface area contributed by atoms with Crippen molar-refractivity contribution in [3.63, 3.8) is 0 Å². The maximum atomic E-state index is 6.80. The summed E-state index contributed by atoms with van der Waals surface area (Å²) in [6.45, 7) is 2.31. The van der Waals surface area contributed by atoms with Crippen LogP contribution in [-0.2, 0) is 0 Å². The first-order chi connectivity index (χ1) is 7.63. The number of hydrogen-bond donors (Lipinski definition) is 1.